The summed E-state index contributed by atoms with van der Waals surface area (Å²) in [5.41, 5.74) is 0. The van der Waals surface area contributed by atoms with Gasteiger partial charge in [0.05, 0.1) is 25.4 Å². The van der Waals surface area contributed by atoms with Crippen molar-refractivity contribution < 1.29 is 57.0 Å². The van der Waals surface area contributed by atoms with Crippen molar-refractivity contribution in [3.8, 4) is 0 Å². The second-order valence-electron chi connectivity index (χ2n) is 14.7. The highest BCUT2D eigenvalue weighted by Gasteiger charge is 2.48. The number of nitrogens with one attached hydrogen (secondary N) is 1. The van der Waals surface area contributed by atoms with Crippen LogP contribution < -0.4 is 5.32 Å². The lowest BCUT2D eigenvalue weighted by Gasteiger charge is -2.41. The first-order valence-electron chi connectivity index (χ1n) is 20.8. The molecule has 1 aliphatic rings. The molecule has 54 heavy (non-hydrogen) atoms. The lowest BCUT2D eigenvalue weighted by Crippen LogP contribution is -2.61. The van der Waals surface area contributed by atoms with Crippen molar-refractivity contribution in [3.05, 3.63) is 24.3 Å². The molecule has 0 radical (unpaired) electrons. The summed E-state index contributed by atoms with van der Waals surface area (Å²) in [6.45, 7) is 3.13. The number of carbonyl (C=O) groups excluding carboxylic acids is 1. The van der Waals surface area contributed by atoms with Gasteiger partial charge in [-0.25, -0.2) is 4.18 Å². The molecule has 8 unspecified atom stereocenters. The summed E-state index contributed by atoms with van der Waals surface area (Å²) in [6, 6.07) is -1.12. The third-order valence-electron chi connectivity index (χ3n) is 9.83. The first-order chi connectivity index (χ1) is 25.9. The molecule has 1 saturated heterocycles. The fraction of sp³-hybridized carbons (Fsp3) is 0.875. The summed E-state index contributed by atoms with van der Waals surface area (Å²) >= 11 is 0. The molecule has 318 valence electrons. The Labute approximate surface area is 325 Å². The summed E-state index contributed by atoms with van der Waals surface area (Å²) in [7, 11) is -5.11. The number of hydrogen-bond donors (Lipinski definition) is 7. The average molecular weight is 794 g/mol. The SMILES string of the molecule is CCCC/C=C\CCCCCCC(O)C(=O)NC(COC1OC(CO)C(O)C(OS(=O)(=O)O)C1O)C(O)/C=C/CCCCCCCCCCCCCCC. The zero-order valence-electron chi connectivity index (χ0n) is 33.1. The number of allylic oxidation sites excluding steroid dienone is 3. The van der Waals surface area contributed by atoms with Crippen LogP contribution >= 0.6 is 0 Å². The number of amides is 1. The second kappa shape index (κ2) is 31.6. The minimum atomic E-state index is -5.11. The number of ether oxygens (including phenoxy) is 2. The molecular formula is C40H75NO12S. The molecule has 1 aliphatic heterocycles. The monoisotopic (exact) mass is 794 g/mol. The zero-order chi connectivity index (χ0) is 40.0. The molecule has 0 bridgehead atoms. The number of aliphatic hydroxyl groups is 5. The van der Waals surface area contributed by atoms with E-state index < -0.39 is 78.5 Å². The van der Waals surface area contributed by atoms with Crippen LogP contribution in [0.5, 0.6) is 0 Å². The summed E-state index contributed by atoms with van der Waals surface area (Å²) < 4.78 is 47.3. The van der Waals surface area contributed by atoms with Crippen molar-refractivity contribution in [2.75, 3.05) is 13.2 Å². The van der Waals surface area contributed by atoms with Crippen molar-refractivity contribution in [2.24, 2.45) is 0 Å². The molecule has 0 aromatic carbocycles. The summed E-state index contributed by atoms with van der Waals surface area (Å²) in [5.74, 6) is -0.715. The summed E-state index contributed by atoms with van der Waals surface area (Å²) in [6.07, 6.45) is 21.3. The Morgan fingerprint density at radius 1 is 0.741 bits per heavy atom. The van der Waals surface area contributed by atoms with Gasteiger partial charge in [0.25, 0.3) is 0 Å². The van der Waals surface area contributed by atoms with Crippen LogP contribution in [0, 0.1) is 0 Å². The Bertz CT molecular complexity index is 1090. The van der Waals surface area contributed by atoms with Gasteiger partial charge in [-0.05, 0) is 38.5 Å². The van der Waals surface area contributed by atoms with Gasteiger partial charge in [-0.2, -0.15) is 8.42 Å². The van der Waals surface area contributed by atoms with E-state index in [0.29, 0.717) is 12.8 Å². The number of rotatable bonds is 34. The van der Waals surface area contributed by atoms with Crippen LogP contribution in [0.2, 0.25) is 0 Å². The highest BCUT2D eigenvalue weighted by molar-refractivity contribution is 7.80. The van der Waals surface area contributed by atoms with E-state index in [4.69, 9.17) is 14.0 Å². The molecule has 14 heteroatoms. The van der Waals surface area contributed by atoms with Crippen molar-refractivity contribution in [1.82, 2.24) is 5.32 Å². The number of carbonyl (C=O) groups is 1. The number of aliphatic hydroxyl groups excluding tert-OH is 5. The fourth-order valence-corrected chi connectivity index (χ4v) is 6.95. The maximum atomic E-state index is 13.0. The Hall–Kier alpha value is -1.46. The van der Waals surface area contributed by atoms with E-state index >= 15 is 0 Å². The van der Waals surface area contributed by atoms with E-state index in [1.807, 2.05) is 6.08 Å². The van der Waals surface area contributed by atoms with Crippen molar-refractivity contribution in [1.29, 1.82) is 0 Å². The van der Waals surface area contributed by atoms with Crippen LogP contribution in [-0.4, -0.2) is 107 Å². The summed E-state index contributed by atoms with van der Waals surface area (Å²) in [4.78, 5) is 13.0. The second-order valence-corrected chi connectivity index (χ2v) is 15.8. The predicted octanol–water partition coefficient (Wildman–Crippen LogP) is 5.96. The molecular weight excluding hydrogens is 719 g/mol. The standard InChI is InChI=1S/C40H75NO12S/c1-3-5-7-9-11-13-15-16-17-18-19-21-22-24-26-28-33(43)32(41-39(47)34(44)29-27-25-23-20-14-12-10-8-6-4-2)31-51-40-37(46)38(53-54(48,49)50)36(45)35(30-42)52-40/h10,12,26,28,32-38,40,42-46H,3-9,11,13-25,27,29-31H2,1-2H3,(H,41,47)(H,48,49,50)/b12-10-,28-26+. The first kappa shape index (κ1) is 50.6. The predicted molar refractivity (Wildman–Crippen MR) is 210 cm³/mol. The van der Waals surface area contributed by atoms with Crippen molar-refractivity contribution in [3.63, 3.8) is 0 Å². The van der Waals surface area contributed by atoms with Gasteiger partial charge in [-0.15, -0.1) is 0 Å². The van der Waals surface area contributed by atoms with E-state index in [-0.39, 0.29) is 6.42 Å². The van der Waals surface area contributed by atoms with Gasteiger partial charge in [0.15, 0.2) is 6.29 Å². The quantitative estimate of drug-likeness (QED) is 0.0229. The zero-order valence-corrected chi connectivity index (χ0v) is 34.0. The van der Waals surface area contributed by atoms with Crippen LogP contribution in [0.15, 0.2) is 24.3 Å². The molecule has 1 fully saturated rings. The normalized spacial score (nSPS) is 22.6. The van der Waals surface area contributed by atoms with E-state index in [1.54, 1.807) is 0 Å². The highest BCUT2D eigenvalue weighted by atomic mass is 32.3. The van der Waals surface area contributed by atoms with Crippen LogP contribution in [0.3, 0.4) is 0 Å². The Morgan fingerprint density at radius 3 is 1.78 bits per heavy atom. The van der Waals surface area contributed by atoms with Gasteiger partial charge in [-0.3, -0.25) is 9.35 Å². The number of hydrogen-bond acceptors (Lipinski definition) is 11. The average Bonchev–Trinajstić information content (AvgIpc) is 3.14. The minimum absolute atomic E-state index is 0.228. The van der Waals surface area contributed by atoms with E-state index in [2.05, 4.69) is 35.5 Å². The van der Waals surface area contributed by atoms with Crippen molar-refractivity contribution >= 4 is 16.3 Å². The highest BCUT2D eigenvalue weighted by Crippen LogP contribution is 2.26. The largest absolute Gasteiger partial charge is 0.397 e. The van der Waals surface area contributed by atoms with Crippen LogP contribution in [0.1, 0.15) is 162 Å². The molecule has 1 heterocycles. The van der Waals surface area contributed by atoms with Gasteiger partial charge in [0, 0.05) is 0 Å². The van der Waals surface area contributed by atoms with E-state index in [1.165, 1.54) is 83.1 Å². The molecule has 0 saturated carbocycles. The first-order valence-corrected chi connectivity index (χ1v) is 22.2. The molecule has 8 atom stereocenters. The molecule has 0 aromatic heterocycles. The molecule has 0 aliphatic carbocycles. The van der Waals surface area contributed by atoms with Crippen LogP contribution in [0.25, 0.3) is 0 Å². The van der Waals surface area contributed by atoms with Crippen molar-refractivity contribution in [2.45, 2.75) is 210 Å². The Balaban J connectivity index is 2.67. The lowest BCUT2D eigenvalue weighted by molar-refractivity contribution is -0.298. The van der Waals surface area contributed by atoms with Gasteiger partial charge < -0.3 is 40.3 Å². The van der Waals surface area contributed by atoms with Gasteiger partial charge in [0.1, 0.15) is 30.5 Å². The smallest absolute Gasteiger partial charge is 0.394 e. The Kier molecular flexibility index (Phi) is 29.6. The van der Waals surface area contributed by atoms with Crippen LogP contribution in [-0.2, 0) is 28.9 Å². The lowest BCUT2D eigenvalue weighted by atomic mass is 9.99. The maximum Gasteiger partial charge on any atom is 0.397 e. The summed E-state index contributed by atoms with van der Waals surface area (Å²) in [5, 5.41) is 54.9. The van der Waals surface area contributed by atoms with Gasteiger partial charge >= 0.3 is 10.4 Å². The Morgan fingerprint density at radius 2 is 1.24 bits per heavy atom. The van der Waals surface area contributed by atoms with E-state index in [0.717, 1.165) is 51.4 Å². The third kappa shape index (κ3) is 24.2. The van der Waals surface area contributed by atoms with E-state index in [9.17, 15) is 38.7 Å². The topological polar surface area (TPSA) is 212 Å². The fourth-order valence-electron chi connectivity index (χ4n) is 6.44. The molecule has 0 aromatic rings. The number of unbranched alkanes of at least 4 members (excludes halogenated alkanes) is 19. The van der Waals surface area contributed by atoms with Crippen LogP contribution in [0.4, 0.5) is 0 Å². The molecule has 13 nitrogen and oxygen atoms in total. The van der Waals surface area contributed by atoms with Gasteiger partial charge in [-0.1, -0.05) is 147 Å². The molecule has 7 N–H and O–H groups in total. The molecule has 1 rings (SSSR count). The van der Waals surface area contributed by atoms with Gasteiger partial charge in [0.2, 0.25) is 5.91 Å². The minimum Gasteiger partial charge on any atom is -0.394 e. The maximum absolute atomic E-state index is 13.0. The molecule has 1 amide bonds. The third-order valence-corrected chi connectivity index (χ3v) is 10.3. The molecule has 0 spiro atoms.